The minimum absolute atomic E-state index is 0.0671. The summed E-state index contributed by atoms with van der Waals surface area (Å²) in [5, 5.41) is 10.6. The molecule has 0 fully saturated rings. The lowest BCUT2D eigenvalue weighted by Crippen LogP contribution is -2.37. The van der Waals surface area contributed by atoms with E-state index in [9.17, 15) is 9.59 Å². The van der Waals surface area contributed by atoms with Gasteiger partial charge in [0.05, 0.1) is 6.54 Å². The molecule has 0 saturated heterocycles. The highest BCUT2D eigenvalue weighted by Gasteiger charge is 2.12. The van der Waals surface area contributed by atoms with Crippen LogP contribution in [0.15, 0.2) is 36.5 Å². The van der Waals surface area contributed by atoms with Gasteiger partial charge in [-0.3, -0.25) is 14.3 Å². The van der Waals surface area contributed by atoms with Gasteiger partial charge in [-0.05, 0) is 31.0 Å². The maximum atomic E-state index is 12.0. The number of aryl methyl sites for hydroxylation is 2. The molecule has 0 unspecified atom stereocenters. The summed E-state index contributed by atoms with van der Waals surface area (Å²) in [5.41, 5.74) is 3.44. The van der Waals surface area contributed by atoms with Crippen LogP contribution in [-0.4, -0.2) is 39.7 Å². The lowest BCUT2D eigenvalue weighted by Gasteiger charge is -2.06. The molecule has 0 atom stereocenters. The van der Waals surface area contributed by atoms with Crippen molar-refractivity contribution < 1.29 is 9.59 Å². The molecule has 0 radical (unpaired) electrons. The smallest absolute Gasteiger partial charge is 0.272 e. The number of carbonyl (C=O) groups is 2. The Morgan fingerprint density at radius 3 is 2.80 bits per heavy atom. The number of amides is 2. The van der Waals surface area contributed by atoms with Crippen molar-refractivity contribution in [2.45, 2.75) is 13.3 Å². The van der Waals surface area contributed by atoms with Crippen LogP contribution in [0.3, 0.4) is 0 Å². The predicted molar refractivity (Wildman–Crippen MR) is 95.3 cm³/mol. The number of benzene rings is 1. The third-order valence-corrected chi connectivity index (χ3v) is 4.15. The van der Waals surface area contributed by atoms with E-state index in [4.69, 9.17) is 0 Å². The van der Waals surface area contributed by atoms with Gasteiger partial charge in [-0.2, -0.15) is 5.10 Å². The number of aromatic amines is 1. The van der Waals surface area contributed by atoms with Crippen molar-refractivity contribution in [3.63, 3.8) is 0 Å². The number of aromatic nitrogens is 3. The Kier molecular flexibility index (Phi) is 4.83. The van der Waals surface area contributed by atoms with Crippen molar-refractivity contribution in [3.05, 3.63) is 53.5 Å². The minimum Gasteiger partial charge on any atom is -0.361 e. The van der Waals surface area contributed by atoms with E-state index in [1.54, 1.807) is 17.8 Å². The molecule has 3 rings (SSSR count). The van der Waals surface area contributed by atoms with Crippen LogP contribution in [0.25, 0.3) is 10.9 Å². The Bertz CT molecular complexity index is 890. The van der Waals surface area contributed by atoms with E-state index < -0.39 is 0 Å². The molecule has 2 heterocycles. The average Bonchev–Trinajstić information content (AvgIpc) is 3.17. The molecule has 7 nitrogen and oxygen atoms in total. The summed E-state index contributed by atoms with van der Waals surface area (Å²) in [4.78, 5) is 27.0. The van der Waals surface area contributed by atoms with E-state index in [2.05, 4.69) is 26.8 Å². The summed E-state index contributed by atoms with van der Waals surface area (Å²) in [6.45, 7) is 2.31. The van der Waals surface area contributed by atoms with Gasteiger partial charge in [-0.1, -0.05) is 18.2 Å². The Hall–Kier alpha value is -3.09. The first kappa shape index (κ1) is 16.8. The molecule has 0 bridgehead atoms. The van der Waals surface area contributed by atoms with E-state index in [0.717, 1.165) is 28.6 Å². The largest absolute Gasteiger partial charge is 0.361 e. The molecule has 2 amide bonds. The zero-order valence-corrected chi connectivity index (χ0v) is 14.3. The van der Waals surface area contributed by atoms with Gasteiger partial charge < -0.3 is 15.6 Å². The van der Waals surface area contributed by atoms with E-state index in [1.165, 1.54) is 0 Å². The number of nitrogens with one attached hydrogen (secondary N) is 3. The van der Waals surface area contributed by atoms with Crippen LogP contribution in [-0.2, 0) is 18.3 Å². The molecular weight excluding hydrogens is 318 g/mol. The van der Waals surface area contributed by atoms with E-state index in [-0.39, 0.29) is 18.4 Å². The highest BCUT2D eigenvalue weighted by Crippen LogP contribution is 2.17. The zero-order chi connectivity index (χ0) is 17.8. The molecule has 3 aromatic rings. The molecule has 0 aliphatic rings. The maximum Gasteiger partial charge on any atom is 0.272 e. The van der Waals surface area contributed by atoms with Crippen molar-refractivity contribution in [1.82, 2.24) is 25.4 Å². The second-order valence-corrected chi connectivity index (χ2v) is 5.94. The second-order valence-electron chi connectivity index (χ2n) is 5.94. The van der Waals surface area contributed by atoms with Gasteiger partial charge in [0.2, 0.25) is 5.91 Å². The molecule has 130 valence electrons. The number of hydrogen-bond donors (Lipinski definition) is 3. The number of carbonyl (C=O) groups excluding carboxylic acids is 2. The molecule has 7 heteroatoms. The molecule has 25 heavy (non-hydrogen) atoms. The van der Waals surface area contributed by atoms with Crippen LogP contribution in [0.1, 0.15) is 21.7 Å². The highest BCUT2D eigenvalue weighted by atomic mass is 16.2. The Balaban J connectivity index is 1.44. The van der Waals surface area contributed by atoms with Crippen LogP contribution in [0.5, 0.6) is 0 Å². The quantitative estimate of drug-likeness (QED) is 0.632. The summed E-state index contributed by atoms with van der Waals surface area (Å²) < 4.78 is 1.62. The molecule has 1 aromatic carbocycles. The van der Waals surface area contributed by atoms with Gasteiger partial charge >= 0.3 is 0 Å². The lowest BCUT2D eigenvalue weighted by molar-refractivity contribution is -0.120. The van der Waals surface area contributed by atoms with Gasteiger partial charge in [0.25, 0.3) is 5.91 Å². The summed E-state index contributed by atoms with van der Waals surface area (Å²) in [6.07, 6.45) is 2.69. The number of hydrogen-bond acceptors (Lipinski definition) is 3. The van der Waals surface area contributed by atoms with Crippen molar-refractivity contribution in [1.29, 1.82) is 0 Å². The first-order valence-corrected chi connectivity index (χ1v) is 8.15. The van der Waals surface area contributed by atoms with Crippen LogP contribution >= 0.6 is 0 Å². The molecule has 0 saturated carbocycles. The zero-order valence-electron chi connectivity index (χ0n) is 14.3. The van der Waals surface area contributed by atoms with Gasteiger partial charge in [0.1, 0.15) is 5.69 Å². The third kappa shape index (κ3) is 3.88. The molecule has 0 spiro atoms. The van der Waals surface area contributed by atoms with Crippen LogP contribution in [0.2, 0.25) is 0 Å². The summed E-state index contributed by atoms with van der Waals surface area (Å²) in [7, 11) is 1.77. The van der Waals surface area contributed by atoms with Crippen molar-refractivity contribution in [2.24, 2.45) is 7.05 Å². The lowest BCUT2D eigenvalue weighted by atomic mass is 10.1. The molecule has 0 aliphatic carbocycles. The fourth-order valence-corrected chi connectivity index (χ4v) is 2.66. The fourth-order valence-electron chi connectivity index (χ4n) is 2.66. The summed E-state index contributed by atoms with van der Waals surface area (Å²) in [6, 6.07) is 9.73. The number of nitrogens with zero attached hydrogens (tertiary/aromatic N) is 2. The number of fused-ring (bicyclic) bond motifs is 1. The molecule has 0 aliphatic heterocycles. The second kappa shape index (κ2) is 7.21. The SMILES string of the molecule is Cc1cc(C(=O)NCC(=O)NCCc2c[nH]c3ccccc23)nn1C. The van der Waals surface area contributed by atoms with Gasteiger partial charge in [-0.15, -0.1) is 0 Å². The minimum atomic E-state index is -0.351. The highest BCUT2D eigenvalue weighted by molar-refractivity contribution is 5.95. The third-order valence-electron chi connectivity index (χ3n) is 4.15. The topological polar surface area (TPSA) is 91.8 Å². The van der Waals surface area contributed by atoms with Crippen LogP contribution < -0.4 is 10.6 Å². The van der Waals surface area contributed by atoms with Gasteiger partial charge in [0, 0.05) is 36.4 Å². The Morgan fingerprint density at radius 2 is 2.04 bits per heavy atom. The van der Waals surface area contributed by atoms with E-state index in [0.29, 0.717) is 12.2 Å². The molecule has 2 aromatic heterocycles. The number of rotatable bonds is 6. The van der Waals surface area contributed by atoms with Crippen LogP contribution in [0.4, 0.5) is 0 Å². The first-order valence-electron chi connectivity index (χ1n) is 8.15. The summed E-state index contributed by atoms with van der Waals surface area (Å²) in [5.74, 6) is -0.573. The predicted octanol–water partition coefficient (Wildman–Crippen LogP) is 1.30. The molecule has 3 N–H and O–H groups in total. The van der Waals surface area contributed by atoms with Gasteiger partial charge in [-0.25, -0.2) is 0 Å². The Labute approximate surface area is 145 Å². The van der Waals surface area contributed by atoms with Gasteiger partial charge in [0.15, 0.2) is 0 Å². The van der Waals surface area contributed by atoms with Crippen molar-refractivity contribution in [3.8, 4) is 0 Å². The monoisotopic (exact) mass is 339 g/mol. The fraction of sp³-hybridized carbons (Fsp3) is 0.278. The van der Waals surface area contributed by atoms with Crippen LogP contribution in [0, 0.1) is 6.92 Å². The normalized spacial score (nSPS) is 10.8. The maximum absolute atomic E-state index is 12.0. The van der Waals surface area contributed by atoms with Crippen molar-refractivity contribution in [2.75, 3.05) is 13.1 Å². The first-order chi connectivity index (χ1) is 12.0. The Morgan fingerprint density at radius 1 is 1.24 bits per heavy atom. The average molecular weight is 339 g/mol. The molecular formula is C18H21N5O2. The number of para-hydroxylation sites is 1. The van der Waals surface area contributed by atoms with Crippen molar-refractivity contribution >= 4 is 22.7 Å². The number of H-pyrrole nitrogens is 1. The van der Waals surface area contributed by atoms with E-state index in [1.807, 2.05) is 31.3 Å². The van der Waals surface area contributed by atoms with E-state index >= 15 is 0 Å². The standard InChI is InChI=1S/C18H21N5O2/c1-12-9-16(22-23(12)2)18(25)21-11-17(24)19-8-7-13-10-20-15-6-4-3-5-14(13)15/h3-6,9-10,20H,7-8,11H2,1-2H3,(H,19,24)(H,21,25). The summed E-state index contributed by atoms with van der Waals surface area (Å²) >= 11 is 0.